The normalized spacial score (nSPS) is 12.7. The monoisotopic (exact) mass is 346 g/mol. The van der Waals surface area contributed by atoms with E-state index in [0.717, 1.165) is 17.8 Å². The Morgan fingerprint density at radius 2 is 1.68 bits per heavy atom. The molecule has 0 aliphatic heterocycles. The lowest BCUT2D eigenvalue weighted by atomic mass is 9.87. The molecule has 2 aromatic rings. The minimum absolute atomic E-state index is 0.0595. The molecule has 2 N–H and O–H groups in total. The van der Waals surface area contributed by atoms with Gasteiger partial charge in [-0.15, -0.1) is 0 Å². The smallest absolute Gasteiger partial charge is 0.238 e. The lowest BCUT2D eigenvalue weighted by Gasteiger charge is -2.19. The predicted molar refractivity (Wildman–Crippen MR) is 96.5 cm³/mol. The van der Waals surface area contributed by atoms with Crippen LogP contribution in [-0.4, -0.2) is 12.5 Å². The van der Waals surface area contributed by atoms with Gasteiger partial charge in [-0.25, -0.2) is 8.78 Å². The van der Waals surface area contributed by atoms with Crippen LogP contribution in [0, 0.1) is 11.6 Å². The van der Waals surface area contributed by atoms with Gasteiger partial charge in [0.25, 0.3) is 0 Å². The lowest BCUT2D eigenvalue weighted by Crippen LogP contribution is -2.30. The number of anilines is 1. The van der Waals surface area contributed by atoms with E-state index in [1.807, 2.05) is 24.3 Å². The van der Waals surface area contributed by atoms with Crippen molar-refractivity contribution >= 4 is 11.6 Å². The van der Waals surface area contributed by atoms with Gasteiger partial charge in [-0.05, 0) is 47.7 Å². The van der Waals surface area contributed by atoms with Crippen LogP contribution in [0.1, 0.15) is 44.9 Å². The molecular weight excluding hydrogens is 322 g/mol. The highest BCUT2D eigenvalue weighted by molar-refractivity contribution is 5.92. The molecule has 0 spiro atoms. The Labute approximate surface area is 147 Å². The number of carbonyl (C=O) groups is 1. The third kappa shape index (κ3) is 5.36. The number of nitrogens with one attached hydrogen (secondary N) is 2. The molecule has 0 fully saturated rings. The molecule has 0 aliphatic carbocycles. The van der Waals surface area contributed by atoms with Crippen molar-refractivity contribution < 1.29 is 13.6 Å². The summed E-state index contributed by atoms with van der Waals surface area (Å²) in [4.78, 5) is 12.0. The fourth-order valence-corrected chi connectivity index (χ4v) is 2.40. The molecule has 0 heterocycles. The SMILES string of the molecule is C[C@H](NCC(=O)Nc1ccc(C(C)(C)C)cc1)c1ccc(F)c(F)c1. The molecule has 134 valence electrons. The zero-order valence-electron chi connectivity index (χ0n) is 15.0. The van der Waals surface area contributed by atoms with Crippen LogP contribution in [0.2, 0.25) is 0 Å². The maximum atomic E-state index is 13.3. The molecule has 0 bridgehead atoms. The average Bonchev–Trinajstić information content (AvgIpc) is 2.55. The van der Waals surface area contributed by atoms with Crippen molar-refractivity contribution in [3.8, 4) is 0 Å². The second kappa shape index (κ2) is 7.74. The van der Waals surface area contributed by atoms with Gasteiger partial charge in [0.05, 0.1) is 6.54 Å². The van der Waals surface area contributed by atoms with E-state index in [4.69, 9.17) is 0 Å². The highest BCUT2D eigenvalue weighted by Gasteiger charge is 2.14. The molecule has 0 aromatic heterocycles. The molecule has 2 rings (SSSR count). The molecule has 3 nitrogen and oxygen atoms in total. The van der Waals surface area contributed by atoms with E-state index >= 15 is 0 Å². The van der Waals surface area contributed by atoms with Crippen molar-refractivity contribution in [2.45, 2.75) is 39.2 Å². The topological polar surface area (TPSA) is 41.1 Å². The summed E-state index contributed by atoms with van der Waals surface area (Å²) in [6.45, 7) is 8.25. The van der Waals surface area contributed by atoms with Gasteiger partial charge in [0, 0.05) is 11.7 Å². The summed E-state index contributed by atoms with van der Waals surface area (Å²) in [5.74, 6) is -1.97. The first-order valence-corrected chi connectivity index (χ1v) is 8.25. The minimum Gasteiger partial charge on any atom is -0.325 e. The maximum absolute atomic E-state index is 13.3. The summed E-state index contributed by atoms with van der Waals surface area (Å²) in [5, 5.41) is 5.81. The van der Waals surface area contributed by atoms with Crippen molar-refractivity contribution in [3.63, 3.8) is 0 Å². The first-order chi connectivity index (χ1) is 11.7. The summed E-state index contributed by atoms with van der Waals surface area (Å²) in [5.41, 5.74) is 2.56. The first kappa shape index (κ1) is 19.1. The number of carbonyl (C=O) groups excluding carboxylic acids is 1. The second-order valence-corrected chi connectivity index (χ2v) is 7.15. The third-order valence-corrected chi connectivity index (χ3v) is 4.05. The Morgan fingerprint density at radius 1 is 1.04 bits per heavy atom. The van der Waals surface area contributed by atoms with Crippen molar-refractivity contribution in [1.29, 1.82) is 0 Å². The van der Waals surface area contributed by atoms with Gasteiger partial charge < -0.3 is 10.6 Å². The molecule has 5 heteroatoms. The molecule has 0 aliphatic rings. The Hall–Kier alpha value is -2.27. The molecule has 25 heavy (non-hydrogen) atoms. The van der Waals surface area contributed by atoms with Gasteiger partial charge in [0.1, 0.15) is 0 Å². The molecule has 1 atom stereocenters. The van der Waals surface area contributed by atoms with Crippen LogP contribution in [0.25, 0.3) is 0 Å². The molecule has 0 unspecified atom stereocenters. The number of hydrogen-bond acceptors (Lipinski definition) is 2. The van der Waals surface area contributed by atoms with E-state index in [2.05, 4.69) is 31.4 Å². The summed E-state index contributed by atoms with van der Waals surface area (Å²) >= 11 is 0. The first-order valence-electron chi connectivity index (χ1n) is 8.25. The maximum Gasteiger partial charge on any atom is 0.238 e. The quantitative estimate of drug-likeness (QED) is 0.834. The van der Waals surface area contributed by atoms with Crippen molar-refractivity contribution in [3.05, 3.63) is 65.2 Å². The fraction of sp³-hybridized carbons (Fsp3) is 0.350. The van der Waals surface area contributed by atoms with Crippen molar-refractivity contribution in [1.82, 2.24) is 5.32 Å². The van der Waals surface area contributed by atoms with Gasteiger partial charge in [0.15, 0.2) is 11.6 Å². The number of benzene rings is 2. The van der Waals surface area contributed by atoms with Crippen molar-refractivity contribution in [2.24, 2.45) is 0 Å². The zero-order chi connectivity index (χ0) is 18.6. The Bertz CT molecular complexity index is 736. The van der Waals surface area contributed by atoms with E-state index in [-0.39, 0.29) is 23.9 Å². The van der Waals surface area contributed by atoms with Crippen LogP contribution in [0.5, 0.6) is 0 Å². The standard InChI is InChI=1S/C20H24F2N2O/c1-13(14-5-10-17(21)18(22)11-14)23-12-19(25)24-16-8-6-15(7-9-16)20(2,3)4/h5-11,13,23H,12H2,1-4H3,(H,24,25)/t13-/m0/s1. The number of rotatable bonds is 5. The molecule has 2 aromatic carbocycles. The van der Waals surface area contributed by atoms with Gasteiger partial charge >= 0.3 is 0 Å². The molecule has 0 saturated heterocycles. The summed E-state index contributed by atoms with van der Waals surface area (Å²) < 4.78 is 26.2. The van der Waals surface area contributed by atoms with Crippen LogP contribution >= 0.6 is 0 Å². The van der Waals surface area contributed by atoms with Gasteiger partial charge in [0.2, 0.25) is 5.91 Å². The van der Waals surface area contributed by atoms with Gasteiger partial charge in [-0.2, -0.15) is 0 Å². The van der Waals surface area contributed by atoms with E-state index in [9.17, 15) is 13.6 Å². The van der Waals surface area contributed by atoms with Crippen molar-refractivity contribution in [2.75, 3.05) is 11.9 Å². The van der Waals surface area contributed by atoms with Crippen LogP contribution in [0.3, 0.4) is 0 Å². The van der Waals surface area contributed by atoms with E-state index in [1.54, 1.807) is 6.92 Å². The molecular formula is C20H24F2N2O. The third-order valence-electron chi connectivity index (χ3n) is 4.05. The highest BCUT2D eigenvalue weighted by Crippen LogP contribution is 2.23. The van der Waals surface area contributed by atoms with Crippen LogP contribution in [-0.2, 0) is 10.2 Å². The lowest BCUT2D eigenvalue weighted by molar-refractivity contribution is -0.115. The molecule has 0 saturated carbocycles. The minimum atomic E-state index is -0.894. The Balaban J connectivity index is 1.88. The second-order valence-electron chi connectivity index (χ2n) is 7.15. The number of amides is 1. The van der Waals surface area contributed by atoms with Gasteiger partial charge in [-0.3, -0.25) is 4.79 Å². The van der Waals surface area contributed by atoms with E-state index < -0.39 is 11.6 Å². The van der Waals surface area contributed by atoms with Crippen LogP contribution < -0.4 is 10.6 Å². The largest absolute Gasteiger partial charge is 0.325 e. The zero-order valence-corrected chi connectivity index (χ0v) is 15.0. The summed E-state index contributed by atoms with van der Waals surface area (Å²) in [6.07, 6.45) is 0. The Morgan fingerprint density at radius 3 is 2.24 bits per heavy atom. The number of halogens is 2. The predicted octanol–water partition coefficient (Wildman–Crippen LogP) is 4.55. The summed E-state index contributed by atoms with van der Waals surface area (Å²) in [7, 11) is 0. The number of hydrogen-bond donors (Lipinski definition) is 2. The Kier molecular flexibility index (Phi) is 5.90. The molecule has 1 amide bonds. The van der Waals surface area contributed by atoms with E-state index in [0.29, 0.717) is 5.56 Å². The van der Waals surface area contributed by atoms with E-state index in [1.165, 1.54) is 11.6 Å². The van der Waals surface area contributed by atoms with Crippen LogP contribution in [0.15, 0.2) is 42.5 Å². The highest BCUT2D eigenvalue weighted by atomic mass is 19.2. The average molecular weight is 346 g/mol. The van der Waals surface area contributed by atoms with Gasteiger partial charge in [-0.1, -0.05) is 39.0 Å². The summed E-state index contributed by atoms with van der Waals surface area (Å²) in [6, 6.07) is 11.2. The fourth-order valence-electron chi connectivity index (χ4n) is 2.40. The molecule has 0 radical (unpaired) electrons. The van der Waals surface area contributed by atoms with Crippen LogP contribution in [0.4, 0.5) is 14.5 Å².